The van der Waals surface area contributed by atoms with Gasteiger partial charge >= 0.3 is 0 Å². The van der Waals surface area contributed by atoms with Crippen molar-refractivity contribution in [2.45, 2.75) is 38.5 Å². The van der Waals surface area contributed by atoms with E-state index in [1.165, 1.54) is 0 Å². The largest absolute Gasteiger partial charge is 0.342 e. The molecular weight excluding hydrogens is 302 g/mol. The molecule has 22 heavy (non-hydrogen) atoms. The van der Waals surface area contributed by atoms with Crippen molar-refractivity contribution in [2.24, 2.45) is 11.8 Å². The van der Waals surface area contributed by atoms with E-state index in [4.69, 9.17) is 0 Å². The van der Waals surface area contributed by atoms with Gasteiger partial charge in [0.15, 0.2) is 0 Å². The van der Waals surface area contributed by atoms with Crippen LogP contribution in [0.3, 0.4) is 0 Å². The molecule has 3 saturated heterocycles. The standard InChI is InChI=1S/C16H27N3O2.ClH/c20-15-3-1-2-8-19(15)12-13-5-9-18(10-6-13)16(21)14-4-7-17-11-14;/h13-14,17H,1-12H2;1H. The molecule has 3 rings (SSSR count). The Morgan fingerprint density at radius 3 is 2.55 bits per heavy atom. The predicted octanol–water partition coefficient (Wildman–Crippen LogP) is 1.27. The number of hydrogen-bond donors (Lipinski definition) is 1. The number of amides is 2. The third kappa shape index (κ3) is 4.13. The number of hydrogen-bond acceptors (Lipinski definition) is 3. The van der Waals surface area contributed by atoms with E-state index in [-0.39, 0.29) is 18.3 Å². The fourth-order valence-corrected chi connectivity index (χ4v) is 3.83. The number of piperidine rings is 2. The van der Waals surface area contributed by atoms with E-state index in [2.05, 4.69) is 5.32 Å². The van der Waals surface area contributed by atoms with Crippen molar-refractivity contribution in [1.82, 2.24) is 15.1 Å². The van der Waals surface area contributed by atoms with Crippen LogP contribution >= 0.6 is 12.4 Å². The second kappa shape index (κ2) is 8.16. The highest BCUT2D eigenvalue weighted by molar-refractivity contribution is 5.85. The van der Waals surface area contributed by atoms with Crippen molar-refractivity contribution in [3.63, 3.8) is 0 Å². The van der Waals surface area contributed by atoms with Gasteiger partial charge in [0.2, 0.25) is 11.8 Å². The fraction of sp³-hybridized carbons (Fsp3) is 0.875. The number of carbonyl (C=O) groups excluding carboxylic acids is 2. The Kier molecular flexibility index (Phi) is 6.50. The highest BCUT2D eigenvalue weighted by Crippen LogP contribution is 2.23. The van der Waals surface area contributed by atoms with Gasteiger partial charge in [-0.2, -0.15) is 0 Å². The van der Waals surface area contributed by atoms with Crippen LogP contribution in [-0.4, -0.2) is 60.9 Å². The first-order valence-electron chi connectivity index (χ1n) is 8.51. The van der Waals surface area contributed by atoms with Crippen molar-refractivity contribution in [1.29, 1.82) is 0 Å². The van der Waals surface area contributed by atoms with E-state index in [1.54, 1.807) is 0 Å². The van der Waals surface area contributed by atoms with Crippen LogP contribution in [0, 0.1) is 11.8 Å². The molecular formula is C16H28ClN3O2. The monoisotopic (exact) mass is 329 g/mol. The summed E-state index contributed by atoms with van der Waals surface area (Å²) < 4.78 is 0. The summed E-state index contributed by atoms with van der Waals surface area (Å²) in [6, 6.07) is 0. The number of likely N-dealkylation sites (tertiary alicyclic amines) is 2. The van der Waals surface area contributed by atoms with Crippen molar-refractivity contribution >= 4 is 24.2 Å². The van der Waals surface area contributed by atoms with Crippen molar-refractivity contribution in [3.05, 3.63) is 0 Å². The maximum Gasteiger partial charge on any atom is 0.227 e. The quantitative estimate of drug-likeness (QED) is 0.848. The SMILES string of the molecule is Cl.O=C1CCCCN1CC1CCN(C(=O)C2CCNC2)CC1. The van der Waals surface area contributed by atoms with Gasteiger partial charge in [-0.05, 0) is 44.6 Å². The van der Waals surface area contributed by atoms with Crippen molar-refractivity contribution in [2.75, 3.05) is 39.3 Å². The van der Waals surface area contributed by atoms with Crippen LogP contribution in [0.1, 0.15) is 38.5 Å². The van der Waals surface area contributed by atoms with Crippen LogP contribution in [0.15, 0.2) is 0 Å². The Morgan fingerprint density at radius 1 is 1.14 bits per heavy atom. The molecule has 0 radical (unpaired) electrons. The van der Waals surface area contributed by atoms with Crippen LogP contribution < -0.4 is 5.32 Å². The topological polar surface area (TPSA) is 52.7 Å². The Labute approximate surface area is 139 Å². The van der Waals surface area contributed by atoms with Crippen LogP contribution in [0.4, 0.5) is 0 Å². The molecule has 0 aliphatic carbocycles. The van der Waals surface area contributed by atoms with Crippen LogP contribution in [0.5, 0.6) is 0 Å². The third-order valence-corrected chi connectivity index (χ3v) is 5.24. The van der Waals surface area contributed by atoms with Gasteiger partial charge < -0.3 is 15.1 Å². The first-order chi connectivity index (χ1) is 10.2. The van der Waals surface area contributed by atoms with Crippen LogP contribution in [-0.2, 0) is 9.59 Å². The van der Waals surface area contributed by atoms with E-state index in [1.807, 2.05) is 9.80 Å². The summed E-state index contributed by atoms with van der Waals surface area (Å²) >= 11 is 0. The van der Waals surface area contributed by atoms with Crippen molar-refractivity contribution in [3.8, 4) is 0 Å². The molecule has 126 valence electrons. The Bertz CT molecular complexity index is 391. The Balaban J connectivity index is 0.00000176. The van der Waals surface area contributed by atoms with Crippen LogP contribution in [0.25, 0.3) is 0 Å². The summed E-state index contributed by atoms with van der Waals surface area (Å²) in [5.41, 5.74) is 0. The predicted molar refractivity (Wildman–Crippen MR) is 88.0 cm³/mol. The molecule has 1 atom stereocenters. The molecule has 1 unspecified atom stereocenters. The highest BCUT2D eigenvalue weighted by Gasteiger charge is 2.31. The summed E-state index contributed by atoms with van der Waals surface area (Å²) in [4.78, 5) is 28.3. The molecule has 0 spiro atoms. The minimum Gasteiger partial charge on any atom is -0.342 e. The molecule has 3 fully saturated rings. The molecule has 0 aromatic heterocycles. The molecule has 3 aliphatic rings. The summed E-state index contributed by atoms with van der Waals surface area (Å²) in [7, 11) is 0. The lowest BCUT2D eigenvalue weighted by molar-refractivity contribution is -0.138. The minimum atomic E-state index is 0. The smallest absolute Gasteiger partial charge is 0.227 e. The second-order valence-corrected chi connectivity index (χ2v) is 6.76. The van der Waals surface area contributed by atoms with Crippen molar-refractivity contribution < 1.29 is 9.59 Å². The lowest BCUT2D eigenvalue weighted by atomic mass is 9.94. The number of halogens is 1. The zero-order valence-electron chi connectivity index (χ0n) is 13.3. The maximum atomic E-state index is 12.4. The molecule has 3 aliphatic heterocycles. The number of rotatable bonds is 3. The molecule has 0 bridgehead atoms. The van der Waals surface area contributed by atoms with E-state index < -0.39 is 0 Å². The maximum absolute atomic E-state index is 12.4. The summed E-state index contributed by atoms with van der Waals surface area (Å²) in [6.45, 7) is 5.42. The normalized spacial score (nSPS) is 26.9. The fourth-order valence-electron chi connectivity index (χ4n) is 3.83. The van der Waals surface area contributed by atoms with Gasteiger partial charge in [0.25, 0.3) is 0 Å². The summed E-state index contributed by atoms with van der Waals surface area (Å²) in [6.07, 6.45) is 6.02. The molecule has 1 N–H and O–H groups in total. The summed E-state index contributed by atoms with van der Waals surface area (Å²) in [5.74, 6) is 1.45. The van der Waals surface area contributed by atoms with Gasteiger partial charge in [-0.25, -0.2) is 0 Å². The molecule has 0 aromatic carbocycles. The number of nitrogens with one attached hydrogen (secondary N) is 1. The molecule has 6 heteroatoms. The van der Waals surface area contributed by atoms with E-state index >= 15 is 0 Å². The molecule has 3 heterocycles. The van der Waals surface area contributed by atoms with E-state index in [0.29, 0.717) is 17.7 Å². The number of carbonyl (C=O) groups is 2. The number of nitrogens with zero attached hydrogens (tertiary/aromatic N) is 2. The second-order valence-electron chi connectivity index (χ2n) is 6.76. The van der Waals surface area contributed by atoms with Gasteiger partial charge in [-0.1, -0.05) is 0 Å². The molecule has 2 amide bonds. The van der Waals surface area contributed by atoms with Gasteiger partial charge in [0, 0.05) is 39.1 Å². The zero-order chi connectivity index (χ0) is 14.7. The first kappa shape index (κ1) is 17.5. The Hall–Kier alpha value is -0.810. The van der Waals surface area contributed by atoms with Gasteiger partial charge in [0.05, 0.1) is 5.92 Å². The Morgan fingerprint density at radius 2 is 1.91 bits per heavy atom. The zero-order valence-corrected chi connectivity index (χ0v) is 14.1. The molecule has 0 aromatic rings. The summed E-state index contributed by atoms with van der Waals surface area (Å²) in [5, 5.41) is 3.27. The van der Waals surface area contributed by atoms with Gasteiger partial charge in [0.1, 0.15) is 0 Å². The minimum absolute atomic E-state index is 0. The van der Waals surface area contributed by atoms with Gasteiger partial charge in [-0.15, -0.1) is 12.4 Å². The average Bonchev–Trinajstić information content (AvgIpc) is 3.04. The van der Waals surface area contributed by atoms with E-state index in [0.717, 1.165) is 77.8 Å². The highest BCUT2D eigenvalue weighted by atomic mass is 35.5. The lowest BCUT2D eigenvalue weighted by Gasteiger charge is -2.37. The first-order valence-corrected chi connectivity index (χ1v) is 8.51. The van der Waals surface area contributed by atoms with E-state index in [9.17, 15) is 9.59 Å². The average molecular weight is 330 g/mol. The third-order valence-electron chi connectivity index (χ3n) is 5.24. The van der Waals surface area contributed by atoms with Crippen LogP contribution in [0.2, 0.25) is 0 Å². The molecule has 5 nitrogen and oxygen atoms in total. The molecule has 0 saturated carbocycles. The lowest BCUT2D eigenvalue weighted by Crippen LogP contribution is -2.45. The van der Waals surface area contributed by atoms with Gasteiger partial charge in [-0.3, -0.25) is 9.59 Å².